The Morgan fingerprint density at radius 1 is 1.17 bits per heavy atom. The van der Waals surface area contributed by atoms with Gasteiger partial charge in [0.2, 0.25) is 0 Å². The fourth-order valence-electron chi connectivity index (χ4n) is 3.39. The van der Waals surface area contributed by atoms with Crippen LogP contribution in [0.25, 0.3) is 10.9 Å². The molecule has 0 amide bonds. The van der Waals surface area contributed by atoms with Crippen molar-refractivity contribution in [3.8, 4) is 0 Å². The number of nitrogens with zero attached hydrogens (tertiary/aromatic N) is 2. The molecule has 1 aliphatic rings. The lowest BCUT2D eigenvalue weighted by Gasteiger charge is -2.29. The minimum atomic E-state index is -0.425. The summed E-state index contributed by atoms with van der Waals surface area (Å²) in [6.07, 6.45) is 3.23. The average Bonchev–Trinajstić information content (AvgIpc) is 3.07. The molecule has 2 aromatic carbocycles. The maximum absolute atomic E-state index is 10.5. The number of rotatable bonds is 4. The van der Waals surface area contributed by atoms with Crippen LogP contribution in [0.5, 0.6) is 0 Å². The highest BCUT2D eigenvalue weighted by Gasteiger charge is 2.17. The van der Waals surface area contributed by atoms with Gasteiger partial charge in [0.1, 0.15) is 0 Å². The third kappa shape index (κ3) is 3.00. The van der Waals surface area contributed by atoms with Crippen LogP contribution in [0.2, 0.25) is 0 Å². The van der Waals surface area contributed by atoms with Crippen LogP contribution < -0.4 is 0 Å². The number of nitrogens with one attached hydrogen (secondary N) is 1. The summed E-state index contributed by atoms with van der Waals surface area (Å²) in [4.78, 5) is 2.43. The van der Waals surface area contributed by atoms with Gasteiger partial charge in [-0.3, -0.25) is 10.00 Å². The van der Waals surface area contributed by atoms with Crippen molar-refractivity contribution in [2.45, 2.75) is 25.5 Å². The second-order valence-electron chi connectivity index (χ2n) is 6.32. The second-order valence-corrected chi connectivity index (χ2v) is 6.32. The van der Waals surface area contributed by atoms with E-state index in [4.69, 9.17) is 0 Å². The van der Waals surface area contributed by atoms with E-state index in [2.05, 4.69) is 39.4 Å². The number of aliphatic hydroxyl groups excluding tert-OH is 1. The van der Waals surface area contributed by atoms with Crippen molar-refractivity contribution in [2.24, 2.45) is 0 Å². The largest absolute Gasteiger partial charge is 0.388 e. The molecule has 0 saturated carbocycles. The average molecular weight is 307 g/mol. The molecule has 1 aromatic heterocycles. The third-order valence-electron chi connectivity index (χ3n) is 4.78. The second kappa shape index (κ2) is 6.14. The first-order valence-corrected chi connectivity index (χ1v) is 8.20. The number of hydrogen-bond donors (Lipinski definition) is 2. The first-order chi connectivity index (χ1) is 11.3. The number of benzene rings is 2. The summed E-state index contributed by atoms with van der Waals surface area (Å²) < 4.78 is 0. The fourth-order valence-corrected chi connectivity index (χ4v) is 3.39. The Kier molecular flexibility index (Phi) is 3.85. The number of aromatic amines is 1. The lowest BCUT2D eigenvalue weighted by atomic mass is 9.99. The molecule has 0 fully saturated rings. The van der Waals surface area contributed by atoms with Gasteiger partial charge in [-0.1, -0.05) is 30.3 Å². The molecule has 118 valence electrons. The monoisotopic (exact) mass is 307 g/mol. The SMILES string of the molecule is OC(CCN1CCc2ccccc2C1)c1ccc2[nH]ncc2c1. The molecule has 23 heavy (non-hydrogen) atoms. The first-order valence-electron chi connectivity index (χ1n) is 8.20. The Morgan fingerprint density at radius 3 is 2.96 bits per heavy atom. The molecular weight excluding hydrogens is 286 g/mol. The van der Waals surface area contributed by atoms with Crippen molar-refractivity contribution in [1.82, 2.24) is 15.1 Å². The number of aromatic nitrogens is 2. The van der Waals surface area contributed by atoms with Crippen molar-refractivity contribution in [1.29, 1.82) is 0 Å². The van der Waals surface area contributed by atoms with Gasteiger partial charge in [-0.15, -0.1) is 0 Å². The normalized spacial score (nSPS) is 16.4. The lowest BCUT2D eigenvalue weighted by Crippen LogP contribution is -2.32. The maximum atomic E-state index is 10.5. The number of fused-ring (bicyclic) bond motifs is 2. The van der Waals surface area contributed by atoms with E-state index < -0.39 is 6.10 Å². The minimum absolute atomic E-state index is 0.425. The molecule has 1 unspecified atom stereocenters. The summed E-state index contributed by atoms with van der Waals surface area (Å²) >= 11 is 0. The standard InChI is InChI=1S/C19H21N3O/c23-19(15-5-6-18-17(11-15)12-20-21-18)8-10-22-9-7-14-3-1-2-4-16(14)13-22/h1-6,11-12,19,23H,7-10,13H2,(H,20,21). The molecule has 1 atom stereocenters. The zero-order valence-corrected chi connectivity index (χ0v) is 13.1. The molecule has 2 heterocycles. The first kappa shape index (κ1) is 14.4. The van der Waals surface area contributed by atoms with Crippen molar-refractivity contribution in [3.63, 3.8) is 0 Å². The van der Waals surface area contributed by atoms with Gasteiger partial charge in [-0.05, 0) is 41.7 Å². The van der Waals surface area contributed by atoms with E-state index in [0.29, 0.717) is 0 Å². The van der Waals surface area contributed by atoms with Gasteiger partial charge >= 0.3 is 0 Å². The molecular formula is C19H21N3O. The van der Waals surface area contributed by atoms with E-state index in [1.165, 1.54) is 11.1 Å². The molecule has 0 bridgehead atoms. The van der Waals surface area contributed by atoms with Gasteiger partial charge in [0.25, 0.3) is 0 Å². The summed E-state index contributed by atoms with van der Waals surface area (Å²) in [7, 11) is 0. The Morgan fingerprint density at radius 2 is 2.04 bits per heavy atom. The summed E-state index contributed by atoms with van der Waals surface area (Å²) in [5.41, 5.74) is 4.87. The molecule has 0 spiro atoms. The van der Waals surface area contributed by atoms with Crippen LogP contribution in [0.1, 0.15) is 29.2 Å². The van der Waals surface area contributed by atoms with Gasteiger partial charge < -0.3 is 5.11 Å². The molecule has 4 nitrogen and oxygen atoms in total. The van der Waals surface area contributed by atoms with Crippen LogP contribution in [0.4, 0.5) is 0 Å². The van der Waals surface area contributed by atoms with E-state index in [9.17, 15) is 5.11 Å². The van der Waals surface area contributed by atoms with Crippen LogP contribution in [-0.2, 0) is 13.0 Å². The summed E-state index contributed by atoms with van der Waals surface area (Å²) in [5, 5.41) is 18.5. The molecule has 0 saturated heterocycles. The third-order valence-corrected chi connectivity index (χ3v) is 4.78. The molecule has 3 aromatic rings. The highest BCUT2D eigenvalue weighted by Crippen LogP contribution is 2.23. The molecule has 4 heteroatoms. The zero-order valence-electron chi connectivity index (χ0n) is 13.1. The van der Waals surface area contributed by atoms with E-state index in [0.717, 1.165) is 48.9 Å². The van der Waals surface area contributed by atoms with Crippen LogP contribution in [-0.4, -0.2) is 33.3 Å². The van der Waals surface area contributed by atoms with Crippen molar-refractivity contribution < 1.29 is 5.11 Å². The maximum Gasteiger partial charge on any atom is 0.0802 e. The summed E-state index contributed by atoms with van der Waals surface area (Å²) in [6, 6.07) is 14.7. The van der Waals surface area contributed by atoms with E-state index in [1.54, 1.807) is 6.20 Å². The molecule has 0 aliphatic carbocycles. The van der Waals surface area contributed by atoms with Crippen molar-refractivity contribution >= 4 is 10.9 Å². The summed E-state index contributed by atoms with van der Waals surface area (Å²) in [6.45, 7) is 2.98. The smallest absolute Gasteiger partial charge is 0.0802 e. The van der Waals surface area contributed by atoms with E-state index >= 15 is 0 Å². The zero-order chi connectivity index (χ0) is 15.6. The Bertz CT molecular complexity index is 811. The Hall–Kier alpha value is -2.17. The fraction of sp³-hybridized carbons (Fsp3) is 0.316. The van der Waals surface area contributed by atoms with Gasteiger partial charge in [-0.2, -0.15) is 5.10 Å². The van der Waals surface area contributed by atoms with Crippen LogP contribution in [0.15, 0.2) is 48.7 Å². The van der Waals surface area contributed by atoms with Crippen LogP contribution in [0.3, 0.4) is 0 Å². The number of H-pyrrole nitrogens is 1. The highest BCUT2D eigenvalue weighted by molar-refractivity contribution is 5.78. The number of hydrogen-bond acceptors (Lipinski definition) is 3. The van der Waals surface area contributed by atoms with Crippen molar-refractivity contribution in [3.05, 3.63) is 65.4 Å². The molecule has 4 rings (SSSR count). The van der Waals surface area contributed by atoms with E-state index in [-0.39, 0.29) is 0 Å². The van der Waals surface area contributed by atoms with Gasteiger partial charge in [0.15, 0.2) is 0 Å². The van der Waals surface area contributed by atoms with Crippen LogP contribution >= 0.6 is 0 Å². The Balaban J connectivity index is 1.39. The lowest BCUT2D eigenvalue weighted by molar-refractivity contribution is 0.137. The van der Waals surface area contributed by atoms with Gasteiger partial charge in [0, 0.05) is 25.0 Å². The van der Waals surface area contributed by atoms with Crippen molar-refractivity contribution in [2.75, 3.05) is 13.1 Å². The highest BCUT2D eigenvalue weighted by atomic mass is 16.3. The summed E-state index contributed by atoms with van der Waals surface area (Å²) in [5.74, 6) is 0. The number of aliphatic hydroxyl groups is 1. The molecule has 2 N–H and O–H groups in total. The van der Waals surface area contributed by atoms with E-state index in [1.807, 2.05) is 18.2 Å². The van der Waals surface area contributed by atoms with Gasteiger partial charge in [-0.25, -0.2) is 0 Å². The topological polar surface area (TPSA) is 52.1 Å². The minimum Gasteiger partial charge on any atom is -0.388 e. The Labute approximate surface area is 135 Å². The predicted molar refractivity (Wildman–Crippen MR) is 91.1 cm³/mol. The predicted octanol–water partition coefficient (Wildman–Crippen LogP) is 3.04. The van der Waals surface area contributed by atoms with Gasteiger partial charge in [0.05, 0.1) is 17.8 Å². The molecule has 0 radical (unpaired) electrons. The quantitative estimate of drug-likeness (QED) is 0.779. The van der Waals surface area contributed by atoms with Crippen LogP contribution in [0, 0.1) is 0 Å². The molecule has 1 aliphatic heterocycles.